The lowest BCUT2D eigenvalue weighted by Gasteiger charge is -2.17. The highest BCUT2D eigenvalue weighted by Crippen LogP contribution is 2.29. The second-order valence-corrected chi connectivity index (χ2v) is 6.45. The fourth-order valence-corrected chi connectivity index (χ4v) is 3.03. The lowest BCUT2D eigenvalue weighted by molar-refractivity contribution is -0.116. The van der Waals surface area contributed by atoms with Crippen molar-refractivity contribution in [2.24, 2.45) is 0 Å². The fraction of sp³-hybridized carbons (Fsp3) is 0.318. The van der Waals surface area contributed by atoms with Gasteiger partial charge in [-0.3, -0.25) is 9.59 Å². The number of esters is 1. The van der Waals surface area contributed by atoms with Crippen molar-refractivity contribution >= 4 is 23.3 Å². The first-order chi connectivity index (χ1) is 14.0. The number of anilines is 1. The van der Waals surface area contributed by atoms with Crippen LogP contribution in [0.2, 0.25) is 0 Å². The van der Waals surface area contributed by atoms with Crippen molar-refractivity contribution in [3.8, 4) is 11.5 Å². The normalized spacial score (nSPS) is 12.6. The Balaban J connectivity index is 1.65. The molecule has 0 saturated carbocycles. The second kappa shape index (κ2) is 9.23. The van der Waals surface area contributed by atoms with Gasteiger partial charge in [-0.15, -0.1) is 0 Å². The first kappa shape index (κ1) is 20.4. The Hall–Kier alpha value is -3.35. The summed E-state index contributed by atoms with van der Waals surface area (Å²) in [5.41, 5.74) is 2.33. The molecule has 3 rings (SSSR count). The number of benzene rings is 2. The lowest BCUT2D eigenvalue weighted by atomic mass is 9.99. The SMILES string of the molecule is CCOc1ccc(C(=O)OCC(=O)c2ccc3c(c2)CCC(=O)N3)cc1OCC. The van der Waals surface area contributed by atoms with E-state index in [2.05, 4.69) is 5.32 Å². The molecular weight excluding hydrogens is 374 g/mol. The molecule has 0 atom stereocenters. The first-order valence-electron chi connectivity index (χ1n) is 9.54. The van der Waals surface area contributed by atoms with E-state index < -0.39 is 5.97 Å². The van der Waals surface area contributed by atoms with Crippen molar-refractivity contribution in [1.29, 1.82) is 0 Å². The fourth-order valence-electron chi connectivity index (χ4n) is 3.03. The molecule has 1 aliphatic heterocycles. The standard InChI is InChI=1S/C22H23NO6/c1-3-27-19-9-6-16(12-20(19)28-4-2)22(26)29-13-18(24)15-5-8-17-14(11-15)7-10-21(25)23-17/h5-6,8-9,11-12H,3-4,7,10,13H2,1-2H3,(H,23,25). The molecule has 0 bridgehead atoms. The average molecular weight is 397 g/mol. The Morgan fingerprint density at radius 3 is 2.41 bits per heavy atom. The summed E-state index contributed by atoms with van der Waals surface area (Å²) >= 11 is 0. The van der Waals surface area contributed by atoms with E-state index in [-0.39, 0.29) is 23.9 Å². The van der Waals surface area contributed by atoms with Crippen molar-refractivity contribution in [1.82, 2.24) is 0 Å². The number of hydrogen-bond acceptors (Lipinski definition) is 6. The molecule has 0 aliphatic carbocycles. The van der Waals surface area contributed by atoms with Crippen LogP contribution in [0.25, 0.3) is 0 Å². The zero-order valence-electron chi connectivity index (χ0n) is 16.4. The van der Waals surface area contributed by atoms with Gasteiger partial charge in [-0.2, -0.15) is 0 Å². The van der Waals surface area contributed by atoms with Gasteiger partial charge in [-0.1, -0.05) is 0 Å². The molecule has 7 nitrogen and oxygen atoms in total. The molecule has 2 aromatic carbocycles. The third kappa shape index (κ3) is 4.93. The Labute approximate surface area is 169 Å². The van der Waals surface area contributed by atoms with Crippen LogP contribution < -0.4 is 14.8 Å². The molecule has 1 heterocycles. The number of carbonyl (C=O) groups excluding carboxylic acids is 3. The molecule has 1 aliphatic rings. The quantitative estimate of drug-likeness (QED) is 0.542. The van der Waals surface area contributed by atoms with E-state index in [9.17, 15) is 14.4 Å². The topological polar surface area (TPSA) is 90.9 Å². The molecule has 7 heteroatoms. The number of ketones is 1. The van der Waals surface area contributed by atoms with Crippen LogP contribution in [0.3, 0.4) is 0 Å². The maximum absolute atomic E-state index is 12.4. The molecule has 1 amide bonds. The minimum absolute atomic E-state index is 0.0349. The van der Waals surface area contributed by atoms with Gasteiger partial charge >= 0.3 is 5.97 Å². The zero-order valence-corrected chi connectivity index (χ0v) is 16.4. The largest absolute Gasteiger partial charge is 0.490 e. The molecule has 0 unspecified atom stereocenters. The molecule has 0 radical (unpaired) electrons. The molecule has 0 saturated heterocycles. The number of carbonyl (C=O) groups is 3. The summed E-state index contributed by atoms with van der Waals surface area (Å²) in [6, 6.07) is 9.80. The van der Waals surface area contributed by atoms with Crippen LogP contribution in [-0.2, 0) is 16.0 Å². The third-order valence-corrected chi connectivity index (χ3v) is 4.44. The number of nitrogens with one attached hydrogen (secondary N) is 1. The Morgan fingerprint density at radius 2 is 1.66 bits per heavy atom. The molecule has 0 aromatic heterocycles. The summed E-state index contributed by atoms with van der Waals surface area (Å²) in [4.78, 5) is 36.2. The average Bonchev–Trinajstić information content (AvgIpc) is 2.73. The molecule has 0 spiro atoms. The van der Waals surface area contributed by atoms with Crippen molar-refractivity contribution in [3.63, 3.8) is 0 Å². The predicted octanol–water partition coefficient (Wildman–Crippen LogP) is 3.41. The van der Waals surface area contributed by atoms with Crippen LogP contribution >= 0.6 is 0 Å². The first-order valence-corrected chi connectivity index (χ1v) is 9.54. The van der Waals surface area contributed by atoms with Crippen LogP contribution in [0.5, 0.6) is 11.5 Å². The molecule has 2 aromatic rings. The number of Topliss-reactive ketones (excluding diaryl/α,β-unsaturated/α-hetero) is 1. The number of rotatable bonds is 8. The van der Waals surface area contributed by atoms with Gasteiger partial charge in [0.25, 0.3) is 0 Å². The number of amides is 1. The van der Waals surface area contributed by atoms with Crippen molar-refractivity contribution in [3.05, 3.63) is 53.1 Å². The smallest absolute Gasteiger partial charge is 0.338 e. The maximum atomic E-state index is 12.4. The van der Waals surface area contributed by atoms with Crippen LogP contribution in [0.4, 0.5) is 5.69 Å². The van der Waals surface area contributed by atoms with Crippen LogP contribution in [0, 0.1) is 0 Å². The van der Waals surface area contributed by atoms with E-state index >= 15 is 0 Å². The van der Waals surface area contributed by atoms with E-state index in [0.717, 1.165) is 5.56 Å². The summed E-state index contributed by atoms with van der Waals surface area (Å²) in [5, 5.41) is 2.77. The second-order valence-electron chi connectivity index (χ2n) is 6.45. The highest BCUT2D eigenvalue weighted by Gasteiger charge is 2.18. The predicted molar refractivity (Wildman–Crippen MR) is 107 cm³/mol. The van der Waals surface area contributed by atoms with Crippen molar-refractivity contribution < 1.29 is 28.6 Å². The molecule has 152 valence electrons. The number of aryl methyl sites for hydroxylation is 1. The maximum Gasteiger partial charge on any atom is 0.338 e. The van der Waals surface area contributed by atoms with E-state index in [0.29, 0.717) is 48.8 Å². The molecule has 29 heavy (non-hydrogen) atoms. The molecular formula is C22H23NO6. The van der Waals surface area contributed by atoms with Gasteiger partial charge in [0.15, 0.2) is 23.9 Å². The van der Waals surface area contributed by atoms with Crippen molar-refractivity contribution in [2.45, 2.75) is 26.7 Å². The summed E-state index contributed by atoms with van der Waals surface area (Å²) < 4.78 is 16.2. The van der Waals surface area contributed by atoms with Crippen LogP contribution in [-0.4, -0.2) is 37.5 Å². The van der Waals surface area contributed by atoms with Gasteiger partial charge in [0.2, 0.25) is 5.91 Å². The third-order valence-electron chi connectivity index (χ3n) is 4.44. The van der Waals surface area contributed by atoms with Gasteiger partial charge in [0.1, 0.15) is 0 Å². The Bertz CT molecular complexity index is 937. The van der Waals surface area contributed by atoms with Gasteiger partial charge in [-0.05, 0) is 62.2 Å². The number of hydrogen-bond donors (Lipinski definition) is 1. The van der Waals surface area contributed by atoms with Gasteiger partial charge in [-0.25, -0.2) is 4.79 Å². The summed E-state index contributed by atoms with van der Waals surface area (Å²) in [6.07, 6.45) is 0.966. The zero-order chi connectivity index (χ0) is 20.8. The monoisotopic (exact) mass is 397 g/mol. The van der Waals surface area contributed by atoms with Crippen LogP contribution in [0.1, 0.15) is 46.5 Å². The van der Waals surface area contributed by atoms with E-state index in [4.69, 9.17) is 14.2 Å². The summed E-state index contributed by atoms with van der Waals surface area (Å²) in [5.74, 6) is 0.0314. The highest BCUT2D eigenvalue weighted by atomic mass is 16.5. The lowest BCUT2D eigenvalue weighted by Crippen LogP contribution is -2.20. The highest BCUT2D eigenvalue weighted by molar-refractivity contribution is 6.01. The Kier molecular flexibility index (Phi) is 6.49. The van der Waals surface area contributed by atoms with Crippen molar-refractivity contribution in [2.75, 3.05) is 25.1 Å². The number of fused-ring (bicyclic) bond motifs is 1. The minimum atomic E-state index is -0.618. The minimum Gasteiger partial charge on any atom is -0.490 e. The van der Waals surface area contributed by atoms with Crippen LogP contribution in [0.15, 0.2) is 36.4 Å². The van der Waals surface area contributed by atoms with E-state index in [1.807, 2.05) is 13.8 Å². The van der Waals surface area contributed by atoms with Gasteiger partial charge in [0.05, 0.1) is 18.8 Å². The molecule has 1 N–H and O–H groups in total. The number of ether oxygens (including phenoxy) is 3. The van der Waals surface area contributed by atoms with E-state index in [1.165, 1.54) is 0 Å². The molecule has 0 fully saturated rings. The van der Waals surface area contributed by atoms with Gasteiger partial charge < -0.3 is 19.5 Å². The van der Waals surface area contributed by atoms with E-state index in [1.54, 1.807) is 36.4 Å². The summed E-state index contributed by atoms with van der Waals surface area (Å²) in [6.45, 7) is 4.22. The van der Waals surface area contributed by atoms with Gasteiger partial charge in [0, 0.05) is 17.7 Å². The Morgan fingerprint density at radius 1 is 0.931 bits per heavy atom. The summed E-state index contributed by atoms with van der Waals surface area (Å²) in [7, 11) is 0.